The summed E-state index contributed by atoms with van der Waals surface area (Å²) in [7, 11) is 0. The first-order valence-electron chi connectivity index (χ1n) is 6.04. The third-order valence-corrected chi connectivity index (χ3v) is 3.05. The van der Waals surface area contributed by atoms with Gasteiger partial charge in [-0.05, 0) is 44.9 Å². The van der Waals surface area contributed by atoms with Crippen LogP contribution in [0.3, 0.4) is 0 Å². The van der Waals surface area contributed by atoms with E-state index in [1.54, 1.807) is 0 Å². The van der Waals surface area contributed by atoms with Crippen LogP contribution in [0.2, 0.25) is 0 Å². The minimum atomic E-state index is -0.500. The Labute approximate surface area is 116 Å². The molecule has 0 aliphatic carbocycles. The van der Waals surface area contributed by atoms with Gasteiger partial charge in [0.05, 0.1) is 5.41 Å². The van der Waals surface area contributed by atoms with E-state index in [2.05, 4.69) is 5.32 Å². The molecule has 0 radical (unpaired) electrons. The molecule has 18 heavy (non-hydrogen) atoms. The van der Waals surface area contributed by atoms with Crippen molar-refractivity contribution >= 4 is 18.3 Å². The zero-order chi connectivity index (χ0) is 12.9. The maximum Gasteiger partial charge on any atom is 0.230 e. The van der Waals surface area contributed by atoms with E-state index in [9.17, 15) is 4.79 Å². The predicted molar refractivity (Wildman–Crippen MR) is 78.1 cm³/mol. The molecular formula is C14H23ClN2O. The molecule has 3 nitrogen and oxygen atoms in total. The van der Waals surface area contributed by atoms with E-state index in [1.807, 2.05) is 45.0 Å². The zero-order valence-electron chi connectivity index (χ0n) is 11.3. The van der Waals surface area contributed by atoms with Crippen molar-refractivity contribution in [1.29, 1.82) is 0 Å². The average molecular weight is 271 g/mol. The molecular weight excluding hydrogens is 248 g/mol. The van der Waals surface area contributed by atoms with Gasteiger partial charge in [-0.3, -0.25) is 4.79 Å². The normalized spacial score (nSPS) is 10.7. The van der Waals surface area contributed by atoms with Gasteiger partial charge in [-0.25, -0.2) is 0 Å². The monoisotopic (exact) mass is 270 g/mol. The summed E-state index contributed by atoms with van der Waals surface area (Å²) in [6.45, 7) is 7.18. The molecule has 1 aromatic rings. The Morgan fingerprint density at radius 2 is 1.94 bits per heavy atom. The minimum absolute atomic E-state index is 0. The Bertz CT molecular complexity index is 391. The molecule has 0 bridgehead atoms. The van der Waals surface area contributed by atoms with Gasteiger partial charge >= 0.3 is 0 Å². The van der Waals surface area contributed by atoms with Crippen molar-refractivity contribution in [3.63, 3.8) is 0 Å². The highest BCUT2D eigenvalue weighted by atomic mass is 35.5. The highest BCUT2D eigenvalue weighted by molar-refractivity contribution is 5.87. The van der Waals surface area contributed by atoms with Gasteiger partial charge in [0.1, 0.15) is 0 Å². The number of nitrogens with one attached hydrogen (secondary N) is 1. The molecule has 4 heteroatoms. The molecule has 0 spiro atoms. The fraction of sp³-hybridized carbons (Fsp3) is 0.500. The fourth-order valence-corrected chi connectivity index (χ4v) is 1.92. The van der Waals surface area contributed by atoms with E-state index < -0.39 is 5.41 Å². The van der Waals surface area contributed by atoms with Gasteiger partial charge in [-0.1, -0.05) is 24.3 Å². The number of amides is 1. The molecule has 1 aromatic carbocycles. The summed E-state index contributed by atoms with van der Waals surface area (Å²) in [5, 5.41) is 2.93. The number of carbonyl (C=O) groups excluding carboxylic acids is 1. The Morgan fingerprint density at radius 3 is 2.50 bits per heavy atom. The molecule has 0 unspecified atom stereocenters. The van der Waals surface area contributed by atoms with Crippen LogP contribution < -0.4 is 11.1 Å². The second kappa shape index (κ2) is 7.39. The van der Waals surface area contributed by atoms with Crippen LogP contribution in [0.15, 0.2) is 24.3 Å². The predicted octanol–water partition coefficient (Wildman–Crippen LogP) is 2.16. The number of rotatable bonds is 5. The Kier molecular flexibility index (Phi) is 6.96. The molecule has 0 heterocycles. The van der Waals surface area contributed by atoms with Crippen LogP contribution in [-0.4, -0.2) is 19.0 Å². The average Bonchev–Trinajstić information content (AvgIpc) is 2.29. The summed E-state index contributed by atoms with van der Waals surface area (Å²) >= 11 is 0. The fourth-order valence-electron chi connectivity index (χ4n) is 1.92. The molecule has 0 saturated carbocycles. The van der Waals surface area contributed by atoms with Crippen LogP contribution in [-0.2, 0) is 10.2 Å². The molecule has 1 amide bonds. The summed E-state index contributed by atoms with van der Waals surface area (Å²) in [6.07, 6.45) is 0.815. The van der Waals surface area contributed by atoms with Gasteiger partial charge in [-0.2, -0.15) is 0 Å². The number of hydrogen-bond donors (Lipinski definition) is 2. The van der Waals surface area contributed by atoms with E-state index in [0.717, 1.165) is 17.5 Å². The molecule has 0 saturated heterocycles. The summed E-state index contributed by atoms with van der Waals surface area (Å²) < 4.78 is 0. The summed E-state index contributed by atoms with van der Waals surface area (Å²) in [5.41, 5.74) is 7.13. The maximum absolute atomic E-state index is 12.1. The second-order valence-electron chi connectivity index (χ2n) is 4.84. The third kappa shape index (κ3) is 4.00. The first kappa shape index (κ1) is 16.9. The van der Waals surface area contributed by atoms with E-state index in [-0.39, 0.29) is 18.3 Å². The molecule has 0 fully saturated rings. The quantitative estimate of drug-likeness (QED) is 0.806. The number of nitrogens with two attached hydrogens (primary N) is 1. The molecule has 102 valence electrons. The lowest BCUT2D eigenvalue weighted by atomic mass is 9.81. The summed E-state index contributed by atoms with van der Waals surface area (Å²) in [5.74, 6) is 0.0558. The molecule has 3 N–H and O–H groups in total. The lowest BCUT2D eigenvalue weighted by Crippen LogP contribution is -2.41. The van der Waals surface area contributed by atoms with Crippen molar-refractivity contribution < 1.29 is 4.79 Å². The number of carbonyl (C=O) groups is 1. The van der Waals surface area contributed by atoms with Crippen molar-refractivity contribution in [2.45, 2.75) is 32.6 Å². The minimum Gasteiger partial charge on any atom is -0.355 e. The van der Waals surface area contributed by atoms with E-state index in [4.69, 9.17) is 5.73 Å². The third-order valence-electron chi connectivity index (χ3n) is 3.05. The molecule has 0 aliphatic heterocycles. The number of aryl methyl sites for hydroxylation is 1. The number of hydrogen-bond acceptors (Lipinski definition) is 2. The van der Waals surface area contributed by atoms with Crippen molar-refractivity contribution in [3.05, 3.63) is 35.4 Å². The van der Waals surface area contributed by atoms with E-state index >= 15 is 0 Å². The van der Waals surface area contributed by atoms with Crippen LogP contribution in [0.25, 0.3) is 0 Å². The van der Waals surface area contributed by atoms with Gasteiger partial charge in [0.15, 0.2) is 0 Å². The number of halogens is 1. The summed E-state index contributed by atoms with van der Waals surface area (Å²) in [4.78, 5) is 12.1. The van der Waals surface area contributed by atoms with Crippen molar-refractivity contribution in [3.8, 4) is 0 Å². The first-order chi connectivity index (χ1) is 8.00. The second-order valence-corrected chi connectivity index (χ2v) is 4.84. The first-order valence-corrected chi connectivity index (χ1v) is 6.04. The lowest BCUT2D eigenvalue weighted by molar-refractivity contribution is -0.125. The van der Waals surface area contributed by atoms with Gasteiger partial charge in [0.25, 0.3) is 0 Å². The topological polar surface area (TPSA) is 55.1 Å². The standard InChI is InChI=1S/C14H22N2O.ClH/c1-11-7-4-5-8-12(11)14(2,3)13(17)16-10-6-9-15;/h4-5,7-8H,6,9-10,15H2,1-3H3,(H,16,17);1H. The molecule has 0 aromatic heterocycles. The maximum atomic E-state index is 12.1. The van der Waals surface area contributed by atoms with Crippen LogP contribution in [0.1, 0.15) is 31.4 Å². The van der Waals surface area contributed by atoms with Crippen LogP contribution in [0.4, 0.5) is 0 Å². The number of benzene rings is 1. The van der Waals surface area contributed by atoms with Gasteiger partial charge < -0.3 is 11.1 Å². The van der Waals surface area contributed by atoms with Gasteiger partial charge in [-0.15, -0.1) is 12.4 Å². The van der Waals surface area contributed by atoms with Crippen molar-refractivity contribution in [1.82, 2.24) is 5.32 Å². The van der Waals surface area contributed by atoms with Crippen molar-refractivity contribution in [2.24, 2.45) is 5.73 Å². The Hall–Kier alpha value is -1.06. The molecule has 1 rings (SSSR count). The molecule has 0 atom stereocenters. The van der Waals surface area contributed by atoms with E-state index in [0.29, 0.717) is 13.1 Å². The molecule has 0 aliphatic rings. The summed E-state index contributed by atoms with van der Waals surface area (Å²) in [6, 6.07) is 8.00. The van der Waals surface area contributed by atoms with Crippen molar-refractivity contribution in [2.75, 3.05) is 13.1 Å². The highest BCUT2D eigenvalue weighted by Crippen LogP contribution is 2.26. The SMILES string of the molecule is Cc1ccccc1C(C)(C)C(=O)NCCCN.Cl. The van der Waals surface area contributed by atoms with Crippen LogP contribution in [0, 0.1) is 6.92 Å². The Morgan fingerprint density at radius 1 is 1.33 bits per heavy atom. The van der Waals surface area contributed by atoms with Crippen LogP contribution >= 0.6 is 12.4 Å². The van der Waals surface area contributed by atoms with Gasteiger partial charge in [0, 0.05) is 6.54 Å². The van der Waals surface area contributed by atoms with Gasteiger partial charge in [0.2, 0.25) is 5.91 Å². The largest absolute Gasteiger partial charge is 0.355 e. The van der Waals surface area contributed by atoms with Crippen LogP contribution in [0.5, 0.6) is 0 Å². The Balaban J connectivity index is 0.00000289. The zero-order valence-corrected chi connectivity index (χ0v) is 12.1. The highest BCUT2D eigenvalue weighted by Gasteiger charge is 2.30. The van der Waals surface area contributed by atoms with E-state index in [1.165, 1.54) is 0 Å². The smallest absolute Gasteiger partial charge is 0.230 e. The lowest BCUT2D eigenvalue weighted by Gasteiger charge is -2.26.